The fraction of sp³-hybridized carbons (Fsp3) is 0.837. The molecule has 0 radical (unpaired) electrons. The number of phosphoric ester groups is 2. The number of esters is 2. The van der Waals surface area contributed by atoms with Gasteiger partial charge in [0.1, 0.15) is 31.5 Å². The van der Waals surface area contributed by atoms with Crippen LogP contribution in [0.15, 0.2) is 36.5 Å². The van der Waals surface area contributed by atoms with Crippen LogP contribution in [0.3, 0.4) is 0 Å². The molecule has 0 aliphatic heterocycles. The number of aliphatic hydroxyl groups excluding tert-OH is 3. The molecular formula is C49H92O15P2. The second-order valence-electron chi connectivity index (χ2n) is 17.2. The van der Waals surface area contributed by atoms with E-state index in [1.165, 1.54) is 103 Å². The molecule has 0 aromatic rings. The van der Waals surface area contributed by atoms with E-state index in [4.69, 9.17) is 14.0 Å². The molecule has 0 aliphatic carbocycles. The molecule has 0 aliphatic rings. The molecule has 0 saturated carbocycles. The Morgan fingerprint density at radius 3 is 1.00 bits per heavy atom. The van der Waals surface area contributed by atoms with Crippen LogP contribution in [-0.2, 0) is 46.3 Å². The zero-order valence-corrected chi connectivity index (χ0v) is 42.7. The summed E-state index contributed by atoms with van der Waals surface area (Å²) in [6, 6.07) is 0. The van der Waals surface area contributed by atoms with Crippen molar-refractivity contribution in [2.24, 2.45) is 0 Å². The number of carbonyl (C=O) groups excluding carboxylic acids is 2. The van der Waals surface area contributed by atoms with Gasteiger partial charge in [-0.1, -0.05) is 179 Å². The summed E-state index contributed by atoms with van der Waals surface area (Å²) < 4.78 is 53.0. The third-order valence-corrected chi connectivity index (χ3v) is 12.5. The van der Waals surface area contributed by atoms with E-state index in [1.54, 1.807) is 0 Å². The number of unbranched alkanes of at least 4 members (excludes halogenated alkanes) is 23. The third-order valence-electron chi connectivity index (χ3n) is 10.6. The van der Waals surface area contributed by atoms with Gasteiger partial charge in [0.05, 0.1) is 26.4 Å². The van der Waals surface area contributed by atoms with Gasteiger partial charge in [-0.05, 0) is 51.4 Å². The van der Waals surface area contributed by atoms with Crippen LogP contribution >= 0.6 is 15.6 Å². The molecule has 388 valence electrons. The highest BCUT2D eigenvalue weighted by atomic mass is 31.2. The first-order valence-electron chi connectivity index (χ1n) is 25.3. The first-order valence-corrected chi connectivity index (χ1v) is 28.3. The van der Waals surface area contributed by atoms with Crippen molar-refractivity contribution in [3.63, 3.8) is 0 Å². The maximum atomic E-state index is 12.2. The first-order chi connectivity index (χ1) is 31.8. The molecule has 5 atom stereocenters. The van der Waals surface area contributed by atoms with Crippen molar-refractivity contribution in [3.05, 3.63) is 36.5 Å². The van der Waals surface area contributed by atoms with Gasteiger partial charge in [0.2, 0.25) is 0 Å². The number of hydrogen-bond donors (Lipinski definition) is 5. The van der Waals surface area contributed by atoms with Crippen molar-refractivity contribution in [1.29, 1.82) is 0 Å². The number of hydrogen-bond acceptors (Lipinski definition) is 13. The number of ether oxygens (including phenoxy) is 2. The van der Waals surface area contributed by atoms with E-state index in [0.717, 1.165) is 64.2 Å². The van der Waals surface area contributed by atoms with Crippen LogP contribution in [-0.4, -0.2) is 95.0 Å². The van der Waals surface area contributed by atoms with Crippen LogP contribution in [0.4, 0.5) is 0 Å². The molecule has 0 saturated heterocycles. The van der Waals surface area contributed by atoms with E-state index >= 15 is 0 Å². The van der Waals surface area contributed by atoms with E-state index < -0.39 is 85.5 Å². The fourth-order valence-corrected chi connectivity index (χ4v) is 8.22. The Morgan fingerprint density at radius 2 is 0.652 bits per heavy atom. The average molecular weight is 983 g/mol. The lowest BCUT2D eigenvalue weighted by atomic mass is 10.0. The van der Waals surface area contributed by atoms with E-state index in [2.05, 4.69) is 63.9 Å². The van der Waals surface area contributed by atoms with Crippen molar-refractivity contribution in [2.45, 2.75) is 225 Å². The molecule has 15 nitrogen and oxygen atoms in total. The van der Waals surface area contributed by atoms with E-state index in [-0.39, 0.29) is 12.8 Å². The summed E-state index contributed by atoms with van der Waals surface area (Å²) >= 11 is 0. The highest BCUT2D eigenvalue weighted by Crippen LogP contribution is 2.45. The van der Waals surface area contributed by atoms with Crippen molar-refractivity contribution < 1.29 is 71.4 Å². The molecule has 5 N–H and O–H groups in total. The van der Waals surface area contributed by atoms with Gasteiger partial charge in [0.25, 0.3) is 0 Å². The predicted octanol–water partition coefficient (Wildman–Crippen LogP) is 11.8. The van der Waals surface area contributed by atoms with Gasteiger partial charge in [-0.2, -0.15) is 0 Å². The molecule has 0 bridgehead atoms. The zero-order chi connectivity index (χ0) is 48.8. The number of rotatable bonds is 49. The van der Waals surface area contributed by atoms with E-state index in [9.17, 15) is 43.8 Å². The van der Waals surface area contributed by atoms with E-state index in [1.807, 2.05) is 0 Å². The van der Waals surface area contributed by atoms with Gasteiger partial charge in [-0.25, -0.2) is 9.13 Å². The van der Waals surface area contributed by atoms with Crippen LogP contribution in [0, 0.1) is 0 Å². The topological polar surface area (TPSA) is 225 Å². The Morgan fingerprint density at radius 1 is 0.394 bits per heavy atom. The summed E-state index contributed by atoms with van der Waals surface area (Å²) in [5.74, 6) is -1.01. The predicted molar refractivity (Wildman–Crippen MR) is 261 cm³/mol. The van der Waals surface area contributed by atoms with Crippen LogP contribution in [0.5, 0.6) is 0 Å². The molecule has 0 rings (SSSR count). The SMILES string of the molecule is CCCCC/C=C\C/C=C\C/C=C\CCCCCCC(=O)OCC(O)COP(=O)(O)OCC(O)COP(=O)(O)OCC(O)COC(=O)CCCCCCCCCCCCCCCCCCC. The van der Waals surface area contributed by atoms with Crippen LogP contribution in [0.2, 0.25) is 0 Å². The Kier molecular flexibility index (Phi) is 44.5. The lowest BCUT2D eigenvalue weighted by Gasteiger charge is -2.19. The van der Waals surface area contributed by atoms with Gasteiger partial charge in [-0.3, -0.25) is 27.7 Å². The quantitative estimate of drug-likeness (QED) is 0.0165. The molecule has 17 heteroatoms. The number of carbonyl (C=O) groups is 2. The molecular weight excluding hydrogens is 890 g/mol. The Bertz CT molecular complexity index is 1330. The van der Waals surface area contributed by atoms with Gasteiger partial charge in [0, 0.05) is 12.8 Å². The van der Waals surface area contributed by atoms with Crippen molar-refractivity contribution in [3.8, 4) is 0 Å². The highest BCUT2D eigenvalue weighted by molar-refractivity contribution is 7.47. The lowest BCUT2D eigenvalue weighted by molar-refractivity contribution is -0.148. The second-order valence-corrected chi connectivity index (χ2v) is 20.1. The normalized spacial score (nSPS) is 15.3. The summed E-state index contributed by atoms with van der Waals surface area (Å²) in [5.41, 5.74) is 0. The summed E-state index contributed by atoms with van der Waals surface area (Å²) in [5, 5.41) is 30.0. The van der Waals surface area contributed by atoms with Crippen LogP contribution in [0.1, 0.15) is 206 Å². The molecule has 0 fully saturated rings. The molecule has 0 amide bonds. The van der Waals surface area contributed by atoms with E-state index in [0.29, 0.717) is 12.8 Å². The smallest absolute Gasteiger partial charge is 0.463 e. The summed E-state index contributed by atoms with van der Waals surface area (Å²) in [4.78, 5) is 43.8. The molecule has 0 aromatic carbocycles. The average Bonchev–Trinajstić information content (AvgIpc) is 3.29. The molecule has 0 heterocycles. The lowest BCUT2D eigenvalue weighted by Crippen LogP contribution is -2.25. The number of aliphatic hydroxyl groups is 3. The fourth-order valence-electron chi connectivity index (χ4n) is 6.63. The number of allylic oxidation sites excluding steroid dienone is 6. The van der Waals surface area contributed by atoms with Crippen LogP contribution < -0.4 is 0 Å². The van der Waals surface area contributed by atoms with Crippen molar-refractivity contribution in [1.82, 2.24) is 0 Å². The van der Waals surface area contributed by atoms with Gasteiger partial charge in [-0.15, -0.1) is 0 Å². The summed E-state index contributed by atoms with van der Waals surface area (Å²) in [6.07, 6.45) is 41.3. The van der Waals surface area contributed by atoms with Crippen LogP contribution in [0.25, 0.3) is 0 Å². The minimum absolute atomic E-state index is 0.171. The number of phosphoric acid groups is 2. The monoisotopic (exact) mass is 983 g/mol. The summed E-state index contributed by atoms with van der Waals surface area (Å²) in [6.45, 7) is 0.394. The third kappa shape index (κ3) is 47.3. The van der Waals surface area contributed by atoms with Crippen molar-refractivity contribution in [2.75, 3.05) is 39.6 Å². The minimum atomic E-state index is -4.79. The Labute approximate surface area is 398 Å². The Hall–Kier alpha value is -1.74. The molecule has 0 aromatic heterocycles. The maximum Gasteiger partial charge on any atom is 0.472 e. The van der Waals surface area contributed by atoms with Gasteiger partial charge >= 0.3 is 27.6 Å². The molecule has 0 spiro atoms. The largest absolute Gasteiger partial charge is 0.472 e. The second kappa shape index (κ2) is 45.7. The standard InChI is InChI=1S/C49H92O15P2/c1-3-5-7-9-11-13-15-17-19-21-23-25-27-29-31-33-35-37-48(53)59-39-45(50)41-61-65(55,56)63-43-47(52)44-64-66(57,58)62-42-46(51)40-60-49(54)38-36-34-32-30-28-26-24-22-20-18-16-14-12-10-8-6-4-2/h11,13,17,19,23,25,45-47,50-52H,3-10,12,14-16,18,20-22,24,26-44H2,1-2H3,(H,55,56)(H,57,58)/b13-11-,19-17-,25-23-. The maximum absolute atomic E-state index is 12.2. The summed E-state index contributed by atoms with van der Waals surface area (Å²) in [7, 11) is -9.58. The Balaban J connectivity index is 3.88. The molecule has 66 heavy (non-hydrogen) atoms. The van der Waals surface area contributed by atoms with Gasteiger partial charge in [0.15, 0.2) is 0 Å². The van der Waals surface area contributed by atoms with Crippen molar-refractivity contribution >= 4 is 27.6 Å². The molecule has 5 unspecified atom stereocenters. The highest BCUT2D eigenvalue weighted by Gasteiger charge is 2.28. The zero-order valence-electron chi connectivity index (χ0n) is 40.9. The van der Waals surface area contributed by atoms with Gasteiger partial charge < -0.3 is 34.6 Å². The first kappa shape index (κ1) is 64.3. The minimum Gasteiger partial charge on any atom is -0.463 e.